The van der Waals surface area contributed by atoms with Gasteiger partial charge >= 0.3 is 0 Å². The minimum atomic E-state index is 0.634. The molecule has 3 heteroatoms. The minimum Gasteiger partial charge on any atom is -0.495 e. The maximum atomic E-state index is 5.33. The van der Waals surface area contributed by atoms with Crippen molar-refractivity contribution in [1.82, 2.24) is 0 Å². The topological polar surface area (TPSA) is 30.5 Å². The van der Waals surface area contributed by atoms with E-state index in [1.54, 1.807) is 7.11 Å². The van der Waals surface area contributed by atoms with Crippen LogP contribution in [0.25, 0.3) is 0 Å². The molecule has 15 heavy (non-hydrogen) atoms. The molecule has 1 fully saturated rings. The molecular formula is C12H17NO2. The number of ether oxygens (including phenoxy) is 2. The molecule has 1 atom stereocenters. The van der Waals surface area contributed by atoms with Gasteiger partial charge in [-0.3, -0.25) is 0 Å². The molecule has 1 aliphatic rings. The van der Waals surface area contributed by atoms with E-state index in [4.69, 9.17) is 9.47 Å². The number of methoxy groups -OCH3 is 1. The standard InChI is InChI=1S/C12H17NO2/c1-14-12-5-3-2-4-11(12)13-8-10-6-7-15-9-10/h2-5,10,13H,6-9H2,1H3. The molecule has 1 unspecified atom stereocenters. The van der Waals surface area contributed by atoms with Crippen LogP contribution >= 0.6 is 0 Å². The summed E-state index contributed by atoms with van der Waals surface area (Å²) in [6.07, 6.45) is 1.15. The van der Waals surface area contributed by atoms with Crippen LogP contribution in [-0.2, 0) is 4.74 Å². The van der Waals surface area contributed by atoms with Crippen molar-refractivity contribution in [2.24, 2.45) is 5.92 Å². The van der Waals surface area contributed by atoms with Gasteiger partial charge in [-0.05, 0) is 18.6 Å². The molecule has 0 spiro atoms. The van der Waals surface area contributed by atoms with Crippen molar-refractivity contribution in [2.45, 2.75) is 6.42 Å². The summed E-state index contributed by atoms with van der Waals surface area (Å²) in [5.41, 5.74) is 1.06. The average molecular weight is 207 g/mol. The molecule has 1 N–H and O–H groups in total. The third kappa shape index (κ3) is 2.63. The van der Waals surface area contributed by atoms with Gasteiger partial charge in [0.15, 0.2) is 0 Å². The van der Waals surface area contributed by atoms with Crippen LogP contribution in [0.1, 0.15) is 6.42 Å². The van der Waals surface area contributed by atoms with E-state index < -0.39 is 0 Å². The summed E-state index contributed by atoms with van der Waals surface area (Å²) in [4.78, 5) is 0. The third-order valence-electron chi connectivity index (χ3n) is 2.71. The second-order valence-electron chi connectivity index (χ2n) is 3.81. The SMILES string of the molecule is COc1ccccc1NCC1CCOC1. The van der Waals surface area contributed by atoms with Gasteiger partial charge < -0.3 is 14.8 Å². The molecule has 0 aliphatic carbocycles. The summed E-state index contributed by atoms with van der Waals surface area (Å²) in [6, 6.07) is 7.99. The summed E-state index contributed by atoms with van der Waals surface area (Å²) in [5.74, 6) is 1.53. The molecule has 0 radical (unpaired) electrons. The van der Waals surface area contributed by atoms with Crippen LogP contribution in [0.4, 0.5) is 5.69 Å². The van der Waals surface area contributed by atoms with E-state index >= 15 is 0 Å². The molecule has 1 aromatic rings. The van der Waals surface area contributed by atoms with Crippen molar-refractivity contribution in [3.8, 4) is 5.75 Å². The Balaban J connectivity index is 1.91. The maximum absolute atomic E-state index is 5.33. The normalized spacial score (nSPS) is 20.2. The van der Waals surface area contributed by atoms with Gasteiger partial charge in [-0.25, -0.2) is 0 Å². The van der Waals surface area contributed by atoms with Crippen molar-refractivity contribution < 1.29 is 9.47 Å². The van der Waals surface area contributed by atoms with Crippen LogP contribution in [0.3, 0.4) is 0 Å². The number of nitrogens with one attached hydrogen (secondary N) is 1. The summed E-state index contributed by atoms with van der Waals surface area (Å²) in [6.45, 7) is 2.74. The summed E-state index contributed by atoms with van der Waals surface area (Å²) in [5, 5.41) is 3.40. The zero-order valence-corrected chi connectivity index (χ0v) is 9.03. The number of anilines is 1. The summed E-state index contributed by atoms with van der Waals surface area (Å²) >= 11 is 0. The van der Waals surface area contributed by atoms with Gasteiger partial charge in [0.05, 0.1) is 19.4 Å². The third-order valence-corrected chi connectivity index (χ3v) is 2.71. The van der Waals surface area contributed by atoms with Gasteiger partial charge in [-0.2, -0.15) is 0 Å². The lowest BCUT2D eigenvalue weighted by molar-refractivity contribution is 0.187. The fourth-order valence-electron chi connectivity index (χ4n) is 1.79. The Morgan fingerprint density at radius 3 is 3.07 bits per heavy atom. The highest BCUT2D eigenvalue weighted by atomic mass is 16.5. The maximum Gasteiger partial charge on any atom is 0.141 e. The number of hydrogen-bond acceptors (Lipinski definition) is 3. The first-order valence-corrected chi connectivity index (χ1v) is 5.35. The lowest BCUT2D eigenvalue weighted by Gasteiger charge is -2.13. The predicted molar refractivity (Wildman–Crippen MR) is 60.4 cm³/mol. The zero-order valence-electron chi connectivity index (χ0n) is 9.03. The van der Waals surface area contributed by atoms with Gasteiger partial charge in [-0.1, -0.05) is 12.1 Å². The quantitative estimate of drug-likeness (QED) is 0.820. The Kier molecular flexibility index (Phi) is 3.45. The lowest BCUT2D eigenvalue weighted by atomic mass is 10.1. The first-order valence-electron chi connectivity index (χ1n) is 5.35. The van der Waals surface area contributed by atoms with Gasteiger partial charge in [0, 0.05) is 19.1 Å². The van der Waals surface area contributed by atoms with Gasteiger partial charge in [0.25, 0.3) is 0 Å². The fraction of sp³-hybridized carbons (Fsp3) is 0.500. The first-order chi connectivity index (χ1) is 7.40. The number of hydrogen-bond donors (Lipinski definition) is 1. The van der Waals surface area contributed by atoms with Crippen LogP contribution in [0, 0.1) is 5.92 Å². The largest absolute Gasteiger partial charge is 0.495 e. The summed E-state index contributed by atoms with van der Waals surface area (Å²) < 4.78 is 10.6. The lowest BCUT2D eigenvalue weighted by Crippen LogP contribution is -2.14. The molecular weight excluding hydrogens is 190 g/mol. The zero-order chi connectivity index (χ0) is 10.5. The van der Waals surface area contributed by atoms with Crippen LogP contribution in [0.15, 0.2) is 24.3 Å². The van der Waals surface area contributed by atoms with E-state index in [0.717, 1.165) is 37.6 Å². The Bertz CT molecular complexity index is 308. The van der Waals surface area contributed by atoms with Crippen LogP contribution in [0.5, 0.6) is 5.75 Å². The highest BCUT2D eigenvalue weighted by molar-refractivity contribution is 5.56. The number of para-hydroxylation sites is 2. The van der Waals surface area contributed by atoms with E-state index in [1.807, 2.05) is 24.3 Å². The highest BCUT2D eigenvalue weighted by Crippen LogP contribution is 2.24. The Morgan fingerprint density at radius 2 is 2.33 bits per heavy atom. The smallest absolute Gasteiger partial charge is 0.141 e. The van der Waals surface area contributed by atoms with Crippen molar-refractivity contribution in [1.29, 1.82) is 0 Å². The molecule has 82 valence electrons. The molecule has 0 amide bonds. The van der Waals surface area contributed by atoms with E-state index in [-0.39, 0.29) is 0 Å². The molecule has 3 nitrogen and oxygen atoms in total. The second-order valence-corrected chi connectivity index (χ2v) is 3.81. The first kappa shape index (κ1) is 10.3. The van der Waals surface area contributed by atoms with Crippen molar-refractivity contribution in [3.05, 3.63) is 24.3 Å². The molecule has 0 bridgehead atoms. The van der Waals surface area contributed by atoms with Crippen molar-refractivity contribution in [3.63, 3.8) is 0 Å². The number of benzene rings is 1. The molecule has 0 saturated carbocycles. The monoisotopic (exact) mass is 207 g/mol. The summed E-state index contributed by atoms with van der Waals surface area (Å²) in [7, 11) is 1.69. The average Bonchev–Trinajstić information content (AvgIpc) is 2.79. The second kappa shape index (κ2) is 5.03. The van der Waals surface area contributed by atoms with Gasteiger partial charge in [-0.15, -0.1) is 0 Å². The molecule has 1 aliphatic heterocycles. The van der Waals surface area contributed by atoms with E-state index in [2.05, 4.69) is 5.32 Å². The van der Waals surface area contributed by atoms with Crippen molar-refractivity contribution in [2.75, 3.05) is 32.2 Å². The molecule has 1 saturated heterocycles. The van der Waals surface area contributed by atoms with Crippen molar-refractivity contribution >= 4 is 5.69 Å². The fourth-order valence-corrected chi connectivity index (χ4v) is 1.79. The molecule has 0 aromatic heterocycles. The predicted octanol–water partition coefficient (Wildman–Crippen LogP) is 2.14. The van der Waals surface area contributed by atoms with E-state index in [1.165, 1.54) is 0 Å². The molecule has 1 heterocycles. The Morgan fingerprint density at radius 1 is 1.47 bits per heavy atom. The van der Waals surface area contributed by atoms with Crippen LogP contribution in [-0.4, -0.2) is 26.9 Å². The van der Waals surface area contributed by atoms with Crippen LogP contribution in [0.2, 0.25) is 0 Å². The van der Waals surface area contributed by atoms with Gasteiger partial charge in [0.2, 0.25) is 0 Å². The molecule has 1 aromatic carbocycles. The van der Waals surface area contributed by atoms with Gasteiger partial charge in [0.1, 0.15) is 5.75 Å². The van der Waals surface area contributed by atoms with Crippen LogP contribution < -0.4 is 10.1 Å². The highest BCUT2D eigenvalue weighted by Gasteiger charge is 2.15. The Hall–Kier alpha value is -1.22. The number of rotatable bonds is 4. The van der Waals surface area contributed by atoms with E-state index in [9.17, 15) is 0 Å². The molecule has 2 rings (SSSR count). The Labute approximate surface area is 90.4 Å². The van der Waals surface area contributed by atoms with E-state index in [0.29, 0.717) is 5.92 Å². The minimum absolute atomic E-state index is 0.634.